The van der Waals surface area contributed by atoms with Crippen LogP contribution in [-0.4, -0.2) is 15.9 Å². The lowest BCUT2D eigenvalue weighted by Crippen LogP contribution is -2.40. The number of ether oxygens (including phenoxy) is 1. The van der Waals surface area contributed by atoms with Crippen molar-refractivity contribution >= 4 is 32.5 Å². The molecule has 114 valence electrons. The number of alkyl carbamates (subject to hydrolysis) is 1. The van der Waals surface area contributed by atoms with Gasteiger partial charge in [0.1, 0.15) is 12.6 Å². The lowest BCUT2D eigenvalue weighted by molar-refractivity contribution is -0.111. The zero-order chi connectivity index (χ0) is 15.8. The third kappa shape index (κ3) is 5.48. The van der Waals surface area contributed by atoms with Crippen molar-refractivity contribution in [2.45, 2.75) is 19.1 Å². The maximum atomic E-state index is 11.8. The maximum absolute atomic E-state index is 11.8. The summed E-state index contributed by atoms with van der Waals surface area (Å²) in [6.07, 6.45) is -0.141. The van der Waals surface area contributed by atoms with E-state index in [9.17, 15) is 9.59 Å². The van der Waals surface area contributed by atoms with Gasteiger partial charge in [0.05, 0.1) is 0 Å². The summed E-state index contributed by atoms with van der Waals surface area (Å²) >= 11 is 1.70. The standard InChI is InChI=1S/C17H16INO3/c18-16(20)15(11-13-7-3-1-4-8-13)19-17(21)22-12-14-9-5-2-6-10-14/h1-10,15H,11-12H2,(H,19,21). The summed E-state index contributed by atoms with van der Waals surface area (Å²) in [4.78, 5) is 23.5. The Balaban J connectivity index is 1.88. The van der Waals surface area contributed by atoms with Gasteiger partial charge >= 0.3 is 6.09 Å². The van der Waals surface area contributed by atoms with Gasteiger partial charge in [-0.25, -0.2) is 4.79 Å². The highest BCUT2D eigenvalue weighted by molar-refractivity contribution is 14.1. The van der Waals surface area contributed by atoms with Crippen LogP contribution in [0.15, 0.2) is 60.7 Å². The molecule has 0 bridgehead atoms. The van der Waals surface area contributed by atoms with E-state index >= 15 is 0 Å². The molecule has 0 saturated heterocycles. The van der Waals surface area contributed by atoms with E-state index in [-0.39, 0.29) is 10.4 Å². The van der Waals surface area contributed by atoms with Crippen molar-refractivity contribution in [1.29, 1.82) is 0 Å². The average molecular weight is 409 g/mol. The van der Waals surface area contributed by atoms with Gasteiger partial charge in [0.2, 0.25) is 3.79 Å². The molecule has 2 rings (SSSR count). The minimum absolute atomic E-state index is 0.127. The van der Waals surface area contributed by atoms with Gasteiger partial charge in [0.25, 0.3) is 0 Å². The first-order valence-electron chi connectivity index (χ1n) is 6.85. The molecule has 0 aliphatic heterocycles. The number of carbonyl (C=O) groups is 2. The van der Waals surface area contributed by atoms with Gasteiger partial charge in [0.15, 0.2) is 0 Å². The van der Waals surface area contributed by atoms with E-state index in [0.717, 1.165) is 11.1 Å². The largest absolute Gasteiger partial charge is 0.445 e. The molecule has 0 aromatic heterocycles. The van der Waals surface area contributed by atoms with Crippen LogP contribution >= 0.6 is 22.6 Å². The van der Waals surface area contributed by atoms with Gasteiger partial charge < -0.3 is 10.1 Å². The van der Waals surface area contributed by atoms with Crippen LogP contribution in [0.3, 0.4) is 0 Å². The van der Waals surface area contributed by atoms with Crippen molar-refractivity contribution in [3.05, 3.63) is 71.8 Å². The number of amides is 1. The molecular formula is C17H16INO3. The quantitative estimate of drug-likeness (QED) is 0.587. The zero-order valence-electron chi connectivity index (χ0n) is 11.9. The van der Waals surface area contributed by atoms with Gasteiger partial charge in [0, 0.05) is 29.0 Å². The fourth-order valence-electron chi connectivity index (χ4n) is 1.94. The first kappa shape index (κ1) is 16.5. The van der Waals surface area contributed by atoms with Gasteiger partial charge in [-0.1, -0.05) is 60.7 Å². The van der Waals surface area contributed by atoms with E-state index in [4.69, 9.17) is 4.74 Å². The predicted molar refractivity (Wildman–Crippen MR) is 92.7 cm³/mol. The second-order valence-corrected chi connectivity index (χ2v) is 5.82. The SMILES string of the molecule is O=C(NC(Cc1ccccc1)C(=O)I)OCc1ccccc1. The number of hydrogen-bond acceptors (Lipinski definition) is 3. The molecule has 0 aliphatic carbocycles. The number of nitrogens with one attached hydrogen (secondary N) is 1. The predicted octanol–water partition coefficient (Wildman–Crippen LogP) is 3.49. The van der Waals surface area contributed by atoms with Crippen LogP contribution in [0.2, 0.25) is 0 Å². The topological polar surface area (TPSA) is 55.4 Å². The number of halogens is 1. The Labute approximate surface area is 143 Å². The monoisotopic (exact) mass is 409 g/mol. The zero-order valence-corrected chi connectivity index (χ0v) is 14.0. The number of carbonyl (C=O) groups excluding carboxylic acids is 2. The third-order valence-electron chi connectivity index (χ3n) is 3.06. The van der Waals surface area contributed by atoms with Gasteiger partial charge in [-0.15, -0.1) is 0 Å². The van der Waals surface area contributed by atoms with E-state index < -0.39 is 12.1 Å². The van der Waals surface area contributed by atoms with Gasteiger partial charge in [-0.3, -0.25) is 4.79 Å². The fourth-order valence-corrected chi connectivity index (χ4v) is 2.32. The van der Waals surface area contributed by atoms with Crippen LogP contribution in [0, 0.1) is 0 Å². The number of hydrogen-bond donors (Lipinski definition) is 1. The molecule has 5 heteroatoms. The van der Waals surface area contributed by atoms with Crippen LogP contribution in [-0.2, 0) is 22.6 Å². The lowest BCUT2D eigenvalue weighted by atomic mass is 10.1. The Morgan fingerprint density at radius 2 is 1.50 bits per heavy atom. The summed E-state index contributed by atoms with van der Waals surface area (Å²) in [5, 5.41) is 2.62. The summed E-state index contributed by atoms with van der Waals surface area (Å²) in [5.41, 5.74) is 1.89. The molecule has 0 saturated carbocycles. The van der Waals surface area contributed by atoms with Crippen LogP contribution < -0.4 is 5.32 Å². The molecule has 1 atom stereocenters. The Bertz CT molecular complexity index is 616. The van der Waals surface area contributed by atoms with Crippen molar-refractivity contribution in [1.82, 2.24) is 5.32 Å². The Morgan fingerprint density at radius 1 is 0.955 bits per heavy atom. The molecule has 0 fully saturated rings. The van der Waals surface area contributed by atoms with E-state index in [0.29, 0.717) is 6.42 Å². The lowest BCUT2D eigenvalue weighted by Gasteiger charge is -2.15. The van der Waals surface area contributed by atoms with Gasteiger partial charge in [-0.2, -0.15) is 0 Å². The molecule has 1 N–H and O–H groups in total. The van der Waals surface area contributed by atoms with Crippen LogP contribution in [0.25, 0.3) is 0 Å². The van der Waals surface area contributed by atoms with Crippen molar-refractivity contribution in [2.24, 2.45) is 0 Å². The number of benzene rings is 2. The Hall–Kier alpha value is -1.89. The first-order valence-corrected chi connectivity index (χ1v) is 7.93. The smallest absolute Gasteiger partial charge is 0.408 e. The van der Waals surface area contributed by atoms with Crippen molar-refractivity contribution in [3.8, 4) is 0 Å². The normalized spacial score (nSPS) is 11.5. The van der Waals surface area contributed by atoms with Crippen molar-refractivity contribution < 1.29 is 14.3 Å². The van der Waals surface area contributed by atoms with Crippen LogP contribution in [0.5, 0.6) is 0 Å². The third-order valence-corrected chi connectivity index (χ3v) is 3.81. The van der Waals surface area contributed by atoms with E-state index in [2.05, 4.69) is 5.32 Å². The van der Waals surface area contributed by atoms with Crippen molar-refractivity contribution in [3.63, 3.8) is 0 Å². The fraction of sp³-hybridized carbons (Fsp3) is 0.176. The van der Waals surface area contributed by atoms with Crippen LogP contribution in [0.1, 0.15) is 11.1 Å². The first-order chi connectivity index (χ1) is 10.6. The summed E-state index contributed by atoms with van der Waals surface area (Å²) < 4.78 is 5.01. The molecule has 22 heavy (non-hydrogen) atoms. The molecule has 1 unspecified atom stereocenters. The van der Waals surface area contributed by atoms with E-state index in [1.54, 1.807) is 22.6 Å². The highest BCUT2D eigenvalue weighted by Gasteiger charge is 2.19. The molecule has 4 nitrogen and oxygen atoms in total. The summed E-state index contributed by atoms with van der Waals surface area (Å²) in [5.74, 6) is 0. The molecule has 0 aliphatic rings. The van der Waals surface area contributed by atoms with Crippen molar-refractivity contribution in [2.75, 3.05) is 0 Å². The summed E-state index contributed by atoms with van der Waals surface area (Å²) in [7, 11) is 0. The van der Waals surface area contributed by atoms with Gasteiger partial charge in [-0.05, 0) is 11.1 Å². The minimum atomic E-state index is -0.591. The summed E-state index contributed by atoms with van der Waals surface area (Å²) in [6, 6.07) is 18.4. The number of rotatable bonds is 6. The second-order valence-electron chi connectivity index (χ2n) is 4.75. The highest BCUT2D eigenvalue weighted by Crippen LogP contribution is 2.08. The molecule has 2 aromatic carbocycles. The highest BCUT2D eigenvalue weighted by atomic mass is 127. The maximum Gasteiger partial charge on any atom is 0.408 e. The Morgan fingerprint density at radius 3 is 2.05 bits per heavy atom. The van der Waals surface area contributed by atoms with E-state index in [1.165, 1.54) is 0 Å². The Kier molecular flexibility index (Phi) is 6.39. The minimum Gasteiger partial charge on any atom is -0.445 e. The molecule has 0 heterocycles. The second kappa shape index (κ2) is 8.53. The molecule has 1 amide bonds. The van der Waals surface area contributed by atoms with E-state index in [1.807, 2.05) is 60.7 Å². The molecular weight excluding hydrogens is 393 g/mol. The summed E-state index contributed by atoms with van der Waals surface area (Å²) in [6.45, 7) is 0.181. The molecule has 2 aromatic rings. The average Bonchev–Trinajstić information content (AvgIpc) is 2.54. The molecule has 0 radical (unpaired) electrons. The molecule has 0 spiro atoms. The van der Waals surface area contributed by atoms with Crippen LogP contribution in [0.4, 0.5) is 4.79 Å².